The molecule has 0 amide bonds. The van der Waals surface area contributed by atoms with Crippen LogP contribution in [0, 0.1) is 6.92 Å². The molecule has 0 fully saturated rings. The lowest BCUT2D eigenvalue weighted by atomic mass is 9.78. The second-order valence-electron chi connectivity index (χ2n) is 6.08. The highest BCUT2D eigenvalue weighted by Gasteiger charge is 2.42. The predicted octanol–water partition coefficient (Wildman–Crippen LogP) is 4.27. The van der Waals surface area contributed by atoms with Gasteiger partial charge in [-0.15, -0.1) is 11.3 Å². The molecule has 0 aliphatic rings. The van der Waals surface area contributed by atoms with E-state index in [0.29, 0.717) is 17.2 Å². The maximum atomic E-state index is 12.6. The summed E-state index contributed by atoms with van der Waals surface area (Å²) in [6, 6.07) is 7.91. The smallest absolute Gasteiger partial charge is 0.318 e. The fourth-order valence-electron chi connectivity index (χ4n) is 2.74. The van der Waals surface area contributed by atoms with Crippen LogP contribution in [0.1, 0.15) is 44.4 Å². The number of carboxylic acid groups (broad SMARTS) is 1. The lowest BCUT2D eigenvalue weighted by molar-refractivity contribution is -0.151. The zero-order chi connectivity index (χ0) is 19.2. The molecule has 0 saturated heterocycles. The highest BCUT2D eigenvalue weighted by molar-refractivity contribution is 7.13. The van der Waals surface area contributed by atoms with Crippen molar-refractivity contribution in [3.63, 3.8) is 0 Å². The molecule has 7 heteroatoms. The first-order valence-electron chi connectivity index (χ1n) is 8.60. The second-order valence-corrected chi connectivity index (χ2v) is 6.94. The maximum absolute atomic E-state index is 12.6. The molecule has 1 heterocycles. The van der Waals surface area contributed by atoms with Crippen LogP contribution in [0.3, 0.4) is 0 Å². The highest BCUT2D eigenvalue weighted by atomic mass is 32.1. The zero-order valence-electron chi connectivity index (χ0n) is 15.2. The Morgan fingerprint density at radius 1 is 1.27 bits per heavy atom. The van der Waals surface area contributed by atoms with E-state index in [4.69, 9.17) is 9.84 Å². The quantitative estimate of drug-likeness (QED) is 0.635. The van der Waals surface area contributed by atoms with Crippen molar-refractivity contribution in [1.82, 2.24) is 4.98 Å². The number of anilines is 2. The van der Waals surface area contributed by atoms with Crippen LogP contribution in [0.15, 0.2) is 29.6 Å². The Morgan fingerprint density at radius 3 is 2.54 bits per heavy atom. The van der Waals surface area contributed by atoms with Gasteiger partial charge in [-0.25, -0.2) is 4.98 Å². The molecule has 6 nitrogen and oxygen atoms in total. The number of aliphatic carboxylic acids is 1. The third-order valence-corrected chi connectivity index (χ3v) is 5.09. The summed E-state index contributed by atoms with van der Waals surface area (Å²) in [5.41, 5.74) is 1.58. The van der Waals surface area contributed by atoms with Crippen molar-refractivity contribution in [1.29, 1.82) is 0 Å². The predicted molar refractivity (Wildman–Crippen MR) is 102 cm³/mol. The molecule has 1 aromatic carbocycles. The van der Waals surface area contributed by atoms with E-state index in [0.717, 1.165) is 11.3 Å². The van der Waals surface area contributed by atoms with Crippen LogP contribution >= 0.6 is 11.3 Å². The molecule has 1 aromatic heterocycles. The Hall–Kier alpha value is -2.41. The number of hydrogen-bond donors (Lipinski definition) is 2. The third kappa shape index (κ3) is 4.60. The van der Waals surface area contributed by atoms with E-state index in [2.05, 4.69) is 10.3 Å². The Bertz CT molecular complexity index is 757. The Labute approximate surface area is 157 Å². The maximum Gasteiger partial charge on any atom is 0.318 e. The van der Waals surface area contributed by atoms with Crippen LogP contribution in [-0.2, 0) is 19.7 Å². The number of nitrogens with zero attached hydrogens (tertiary/aromatic N) is 1. The van der Waals surface area contributed by atoms with Gasteiger partial charge in [-0.1, -0.05) is 24.6 Å². The molecule has 0 aliphatic carbocycles. The Morgan fingerprint density at radius 2 is 1.96 bits per heavy atom. The van der Waals surface area contributed by atoms with Crippen molar-refractivity contribution in [2.24, 2.45) is 0 Å². The topological polar surface area (TPSA) is 88.5 Å². The van der Waals surface area contributed by atoms with Gasteiger partial charge < -0.3 is 15.2 Å². The van der Waals surface area contributed by atoms with E-state index in [1.807, 2.05) is 38.1 Å². The van der Waals surface area contributed by atoms with Crippen molar-refractivity contribution in [2.45, 2.75) is 45.4 Å². The normalized spacial score (nSPS) is 13.0. The fourth-order valence-corrected chi connectivity index (χ4v) is 3.57. The molecule has 2 N–H and O–H groups in total. The van der Waals surface area contributed by atoms with Crippen LogP contribution in [0.2, 0.25) is 0 Å². The van der Waals surface area contributed by atoms with Crippen LogP contribution in [-0.4, -0.2) is 28.6 Å². The van der Waals surface area contributed by atoms with Gasteiger partial charge in [0.1, 0.15) is 5.41 Å². The minimum atomic E-state index is -1.04. The van der Waals surface area contributed by atoms with Crippen LogP contribution in [0.4, 0.5) is 10.8 Å². The molecule has 0 spiro atoms. The van der Waals surface area contributed by atoms with Gasteiger partial charge in [0.05, 0.1) is 12.3 Å². The molecule has 0 saturated carbocycles. The third-order valence-electron chi connectivity index (χ3n) is 4.33. The van der Waals surface area contributed by atoms with Crippen molar-refractivity contribution >= 4 is 34.1 Å². The number of thiazole rings is 1. The molecule has 0 radical (unpaired) electrons. The SMILES string of the molecule is CCOC(=O)[C@@](CC)(CCC(=O)O)c1csc(Nc2ccc(C)cc2)n1. The van der Waals surface area contributed by atoms with Gasteiger partial charge in [0.25, 0.3) is 0 Å². The van der Waals surface area contributed by atoms with Crippen molar-refractivity contribution in [3.05, 3.63) is 40.9 Å². The van der Waals surface area contributed by atoms with Gasteiger partial charge in [0, 0.05) is 17.5 Å². The van der Waals surface area contributed by atoms with E-state index in [1.165, 1.54) is 11.3 Å². The molecule has 0 unspecified atom stereocenters. The van der Waals surface area contributed by atoms with E-state index >= 15 is 0 Å². The number of carbonyl (C=O) groups excluding carboxylic acids is 1. The summed E-state index contributed by atoms with van der Waals surface area (Å²) in [4.78, 5) is 28.3. The van der Waals surface area contributed by atoms with E-state index in [-0.39, 0.29) is 19.4 Å². The van der Waals surface area contributed by atoms with Crippen LogP contribution in [0.5, 0.6) is 0 Å². The summed E-state index contributed by atoms with van der Waals surface area (Å²) >= 11 is 1.38. The van der Waals surface area contributed by atoms with Gasteiger partial charge in [-0.2, -0.15) is 0 Å². The molecular formula is C19H24N2O4S. The number of carbonyl (C=O) groups is 2. The minimum absolute atomic E-state index is 0.120. The lowest BCUT2D eigenvalue weighted by Gasteiger charge is -2.28. The number of aromatic nitrogens is 1. The summed E-state index contributed by atoms with van der Waals surface area (Å²) in [5, 5.41) is 14.8. The number of nitrogens with one attached hydrogen (secondary N) is 1. The molecule has 0 bridgehead atoms. The number of hydrogen-bond acceptors (Lipinski definition) is 6. The number of benzene rings is 1. The number of aryl methyl sites for hydroxylation is 1. The second kappa shape index (κ2) is 8.80. The van der Waals surface area contributed by atoms with E-state index in [9.17, 15) is 9.59 Å². The number of carboxylic acids is 1. The summed E-state index contributed by atoms with van der Waals surface area (Å²) in [5.74, 6) is -1.36. The first kappa shape index (κ1) is 19.9. The molecular weight excluding hydrogens is 352 g/mol. The van der Waals surface area contributed by atoms with Gasteiger partial charge in [0.2, 0.25) is 0 Å². The standard InChI is InChI=1S/C19H24N2O4S/c1-4-19(11-10-16(22)23,17(24)25-5-2)15-12-26-18(21-15)20-14-8-6-13(3)7-9-14/h6-9,12H,4-5,10-11H2,1-3H3,(H,20,21)(H,22,23)/t19-/m0/s1. The molecule has 26 heavy (non-hydrogen) atoms. The average Bonchev–Trinajstić information content (AvgIpc) is 3.07. The van der Waals surface area contributed by atoms with Crippen LogP contribution in [0.25, 0.3) is 0 Å². The number of ether oxygens (including phenoxy) is 1. The number of esters is 1. The van der Waals surface area contributed by atoms with Gasteiger partial charge in [-0.3, -0.25) is 9.59 Å². The van der Waals surface area contributed by atoms with Crippen molar-refractivity contribution in [3.8, 4) is 0 Å². The largest absolute Gasteiger partial charge is 0.481 e. The molecule has 1 atom stereocenters. The zero-order valence-corrected chi connectivity index (χ0v) is 16.1. The van der Waals surface area contributed by atoms with E-state index in [1.54, 1.807) is 12.3 Å². The van der Waals surface area contributed by atoms with Crippen LogP contribution < -0.4 is 5.32 Å². The van der Waals surface area contributed by atoms with Crippen molar-refractivity contribution < 1.29 is 19.4 Å². The minimum Gasteiger partial charge on any atom is -0.481 e. The average molecular weight is 376 g/mol. The fraction of sp³-hybridized carbons (Fsp3) is 0.421. The molecule has 2 rings (SSSR count). The molecule has 0 aliphatic heterocycles. The highest BCUT2D eigenvalue weighted by Crippen LogP contribution is 2.37. The summed E-state index contributed by atoms with van der Waals surface area (Å²) in [6.45, 7) is 5.85. The molecule has 140 valence electrons. The summed E-state index contributed by atoms with van der Waals surface area (Å²) in [6.07, 6.45) is 0.461. The van der Waals surface area contributed by atoms with Crippen molar-refractivity contribution in [2.75, 3.05) is 11.9 Å². The summed E-state index contributed by atoms with van der Waals surface area (Å²) < 4.78 is 5.24. The Balaban J connectivity index is 2.29. The lowest BCUT2D eigenvalue weighted by Crippen LogP contribution is -2.38. The molecule has 2 aromatic rings. The first-order valence-corrected chi connectivity index (χ1v) is 9.48. The van der Waals surface area contributed by atoms with Gasteiger partial charge in [-0.05, 0) is 38.8 Å². The number of rotatable bonds is 9. The Kier molecular flexibility index (Phi) is 6.74. The van der Waals surface area contributed by atoms with E-state index < -0.39 is 17.4 Å². The first-order chi connectivity index (χ1) is 12.4. The monoisotopic (exact) mass is 376 g/mol. The van der Waals surface area contributed by atoms with Gasteiger partial charge in [0.15, 0.2) is 5.13 Å². The van der Waals surface area contributed by atoms with Gasteiger partial charge >= 0.3 is 11.9 Å². The summed E-state index contributed by atoms with van der Waals surface area (Å²) in [7, 11) is 0.